The van der Waals surface area contributed by atoms with Crippen LogP contribution >= 0.6 is 11.3 Å². The van der Waals surface area contributed by atoms with E-state index in [0.717, 1.165) is 77.0 Å². The van der Waals surface area contributed by atoms with Gasteiger partial charge in [0.1, 0.15) is 30.8 Å². The van der Waals surface area contributed by atoms with Crippen LogP contribution < -0.4 is 31.9 Å². The van der Waals surface area contributed by atoms with Gasteiger partial charge in [-0.3, -0.25) is 33.7 Å². The first-order chi connectivity index (χ1) is 42.8. The number of nitrogens with one attached hydrogen (secondary N) is 4. The zero-order valence-corrected chi connectivity index (χ0v) is 51.6. The van der Waals surface area contributed by atoms with Crippen LogP contribution in [0.1, 0.15) is 110 Å². The Kier molecular flexibility index (Phi) is 18.4. The summed E-state index contributed by atoms with van der Waals surface area (Å²) in [5.74, 6) is -2.71. The third-order valence-electron chi connectivity index (χ3n) is 17.8. The predicted octanol–water partition coefficient (Wildman–Crippen LogP) is 8.48. The number of hydrogen-bond donors (Lipinski definition) is 6. The van der Waals surface area contributed by atoms with Gasteiger partial charge in [-0.05, 0) is 117 Å². The number of amides is 7. The summed E-state index contributed by atoms with van der Waals surface area (Å²) in [5.41, 5.74) is 18.1. The van der Waals surface area contributed by atoms with E-state index in [4.69, 9.17) is 15.2 Å². The average molecular weight is 1220 g/mol. The van der Waals surface area contributed by atoms with E-state index in [1.165, 1.54) is 9.80 Å². The Bertz CT molecular complexity index is 3800. The monoisotopic (exact) mass is 1220 g/mol. The number of para-hydroxylation sites is 1. The van der Waals surface area contributed by atoms with Crippen LogP contribution in [0.5, 0.6) is 0 Å². The molecule has 1 aromatic heterocycles. The second-order valence-corrected chi connectivity index (χ2v) is 25.9. The summed E-state index contributed by atoms with van der Waals surface area (Å²) in [4.78, 5) is 105. The number of likely N-dealkylation sites (tertiary alicyclic amines) is 1. The van der Waals surface area contributed by atoms with Crippen molar-refractivity contribution in [3.63, 3.8) is 0 Å². The number of thiazole rings is 1. The molecule has 462 valence electrons. The summed E-state index contributed by atoms with van der Waals surface area (Å²) < 4.78 is 12.3. The highest BCUT2D eigenvalue weighted by Gasteiger charge is 2.46. The first-order valence-corrected chi connectivity index (χ1v) is 31.5. The average Bonchev–Trinajstić information content (AvgIpc) is 2.12. The molecule has 0 radical (unpaired) electrons. The van der Waals surface area contributed by atoms with Crippen LogP contribution in [0.4, 0.5) is 10.5 Å². The van der Waals surface area contributed by atoms with Crippen molar-refractivity contribution in [1.82, 2.24) is 31.2 Å². The van der Waals surface area contributed by atoms with Gasteiger partial charge in [-0.1, -0.05) is 142 Å². The molecule has 0 spiro atoms. The van der Waals surface area contributed by atoms with Gasteiger partial charge in [-0.25, -0.2) is 9.78 Å². The number of aliphatic hydroxyl groups is 1. The molecule has 1 fully saturated rings. The summed E-state index contributed by atoms with van der Waals surface area (Å²) in [6, 6.07) is 37.2. The molecule has 3 aliphatic heterocycles. The molecular weight excluding hydrogens is 1140 g/mol. The highest BCUT2D eigenvalue weighted by Crippen LogP contribution is 2.45. The summed E-state index contributed by atoms with van der Waals surface area (Å²) in [6.45, 7) is 9.78. The van der Waals surface area contributed by atoms with Crippen molar-refractivity contribution in [3.05, 3.63) is 178 Å². The third-order valence-corrected chi connectivity index (χ3v) is 18.8. The molecule has 4 heterocycles. The number of nitrogens with two attached hydrogens (primary N) is 1. The number of nitrogens with zero attached hydrogens (tertiary/aromatic N) is 3. The van der Waals surface area contributed by atoms with E-state index in [1.807, 2.05) is 155 Å². The topological polar surface area (TPSA) is 252 Å². The molecule has 4 aliphatic rings. The fourth-order valence-electron chi connectivity index (χ4n) is 13.0. The minimum Gasteiger partial charge on any atom is -0.449 e. The normalized spacial score (nSPS) is 18.7. The van der Waals surface area contributed by atoms with Crippen molar-refractivity contribution in [1.29, 1.82) is 0 Å². The second-order valence-electron chi connectivity index (χ2n) is 25.0. The lowest BCUT2D eigenvalue weighted by molar-refractivity contribution is -0.144. The number of β-amino-alcohol motifs (C(OH)–C–C–N with tert-alkyl or cyclic N) is 1. The molecule has 11 rings (SSSR count). The van der Waals surface area contributed by atoms with Crippen LogP contribution in [0.3, 0.4) is 0 Å². The van der Waals surface area contributed by atoms with Crippen LogP contribution in [0.15, 0.2) is 133 Å². The molecule has 6 aromatic carbocycles. The Balaban J connectivity index is 0.692. The van der Waals surface area contributed by atoms with E-state index in [1.54, 1.807) is 11.3 Å². The molecule has 18 nitrogen and oxygen atoms in total. The van der Waals surface area contributed by atoms with Crippen LogP contribution in [-0.2, 0) is 70.7 Å². The van der Waals surface area contributed by atoms with E-state index in [-0.39, 0.29) is 76.1 Å². The lowest BCUT2D eigenvalue weighted by Crippen LogP contribution is -2.57. The van der Waals surface area contributed by atoms with E-state index in [0.29, 0.717) is 24.9 Å². The molecule has 19 heteroatoms. The van der Waals surface area contributed by atoms with E-state index < -0.39 is 77.6 Å². The zero-order chi connectivity index (χ0) is 62.7. The molecule has 7 aromatic rings. The van der Waals surface area contributed by atoms with Gasteiger partial charge in [0.05, 0.1) is 46.6 Å². The van der Waals surface area contributed by atoms with Gasteiger partial charge >= 0.3 is 6.09 Å². The molecule has 0 bridgehead atoms. The quantitative estimate of drug-likeness (QED) is 0.0398. The van der Waals surface area contributed by atoms with Crippen molar-refractivity contribution in [3.8, 4) is 21.6 Å². The third kappa shape index (κ3) is 13.8. The smallest absolute Gasteiger partial charge is 0.407 e. The Hall–Kier alpha value is -8.78. The molecule has 7 N–H and O–H groups in total. The van der Waals surface area contributed by atoms with E-state index in [2.05, 4.69) is 38.4 Å². The fourth-order valence-corrected chi connectivity index (χ4v) is 13.8. The largest absolute Gasteiger partial charge is 0.449 e. The van der Waals surface area contributed by atoms with Gasteiger partial charge in [0.15, 0.2) is 0 Å². The lowest BCUT2D eigenvalue weighted by atomic mass is 9.85. The maximum absolute atomic E-state index is 14.7. The SMILES string of the molecule is Cc1ncsc1-c1ccc(CNC(=O)[C@@H]2C[C@@H](O)CN2C(=O)[C@@H](NC(=O)CCc2ccc3ccc(CO[C@H](C)[C@H](CCC(N)=O)NC(=O)[C@@H]4Cc5cccc6c5N4C(=O)[C@@H](NC(=O)OCC4c5ccccc5-c5ccccc54)CC6)cc3c2)C(C)(C)C)cc1. The molecule has 0 unspecified atom stereocenters. The molecule has 1 aliphatic carbocycles. The number of benzene rings is 6. The Labute approximate surface area is 521 Å². The second kappa shape index (κ2) is 26.5. The molecular formula is C70H76N8O10S. The van der Waals surface area contributed by atoms with E-state index in [9.17, 15) is 38.7 Å². The van der Waals surface area contributed by atoms with Crippen molar-refractivity contribution in [2.75, 3.05) is 18.1 Å². The Morgan fingerprint density at radius 2 is 1.48 bits per heavy atom. The highest BCUT2D eigenvalue weighted by molar-refractivity contribution is 7.13. The minimum absolute atomic E-state index is 0.0274. The number of carbonyl (C=O) groups excluding carboxylic acids is 7. The summed E-state index contributed by atoms with van der Waals surface area (Å²) in [7, 11) is 0. The first-order valence-electron chi connectivity index (χ1n) is 30.6. The summed E-state index contributed by atoms with van der Waals surface area (Å²) in [5, 5.41) is 24.5. The maximum Gasteiger partial charge on any atom is 0.407 e. The van der Waals surface area contributed by atoms with Gasteiger partial charge in [-0.2, -0.15) is 0 Å². The van der Waals surface area contributed by atoms with Crippen molar-refractivity contribution in [2.24, 2.45) is 11.1 Å². The fraction of sp³-hybridized carbons (Fsp3) is 0.371. The van der Waals surface area contributed by atoms with Crippen molar-refractivity contribution in [2.45, 2.75) is 147 Å². The molecule has 7 amide bonds. The van der Waals surface area contributed by atoms with Crippen LogP contribution in [0.25, 0.3) is 32.3 Å². The summed E-state index contributed by atoms with van der Waals surface area (Å²) >= 11 is 1.56. The number of hydrogen-bond acceptors (Lipinski definition) is 12. The van der Waals surface area contributed by atoms with Crippen LogP contribution in [0.2, 0.25) is 0 Å². The Morgan fingerprint density at radius 3 is 2.18 bits per heavy atom. The van der Waals surface area contributed by atoms with E-state index >= 15 is 0 Å². The molecule has 89 heavy (non-hydrogen) atoms. The lowest BCUT2D eigenvalue weighted by Gasteiger charge is -2.35. The van der Waals surface area contributed by atoms with Crippen LogP contribution in [0, 0.1) is 12.3 Å². The zero-order valence-electron chi connectivity index (χ0n) is 50.8. The number of aromatic nitrogens is 1. The van der Waals surface area contributed by atoms with Gasteiger partial charge in [0.2, 0.25) is 35.4 Å². The van der Waals surface area contributed by atoms with Crippen molar-refractivity contribution < 1.29 is 48.1 Å². The molecule has 7 atom stereocenters. The number of ether oxygens (including phenoxy) is 2. The van der Waals surface area contributed by atoms with Crippen LogP contribution in [-0.4, -0.2) is 112 Å². The van der Waals surface area contributed by atoms with Gasteiger partial charge in [0.25, 0.3) is 0 Å². The van der Waals surface area contributed by atoms with Gasteiger partial charge in [-0.15, -0.1) is 11.3 Å². The number of anilines is 1. The minimum atomic E-state index is -0.976. The number of alkyl carbamates (subject to hydrolysis) is 1. The highest BCUT2D eigenvalue weighted by atomic mass is 32.1. The van der Waals surface area contributed by atoms with Crippen molar-refractivity contribution >= 4 is 69.3 Å². The number of aliphatic hydroxyl groups excluding tert-OH is 1. The van der Waals surface area contributed by atoms with Gasteiger partial charge < -0.3 is 46.5 Å². The number of fused-ring (bicyclic) bond motifs is 4. The molecule has 1 saturated heterocycles. The number of primary amides is 1. The maximum atomic E-state index is 14.7. The number of aryl methyl sites for hydroxylation is 3. The predicted molar refractivity (Wildman–Crippen MR) is 340 cm³/mol. The standard InChI is InChI=1S/C70H76N8O10S/c1-40-63(89-39-73-40)47-24-18-43(19-25-47)35-72-65(82)58-34-50(79)36-77(58)68(85)64(70(3,4)5)76-61(81)30-21-42-17-22-45-23-20-44(32-49(45)31-42)37-87-41(2)56(28-29-60(71)80)74-66(83)59-33-48-12-10-11-46-26-27-57(67(84)78(59)62(46)48)75-69(86)88-38-55-53-15-8-6-13-51(53)52-14-7-9-16-54(52)55/h6-20,22-25,31-32,39,41,50,55-59,64,79H,21,26-30,33-38H2,1-5H3,(H2,71,80)(H,72,82)(H,74,83)(H,75,86)(H,76,81)/t41-,50-,56+,57+,58+,59+,64-/m1/s1. The number of rotatable bonds is 21. The summed E-state index contributed by atoms with van der Waals surface area (Å²) in [6.07, 6.45) is -0.525. The first kappa shape index (κ1) is 61.9. The number of carbonyl (C=O) groups is 7. The van der Waals surface area contributed by atoms with Gasteiger partial charge in [0, 0.05) is 44.7 Å². The molecule has 0 saturated carbocycles. The Morgan fingerprint density at radius 1 is 0.798 bits per heavy atom.